The molecule has 0 spiro atoms. The first kappa shape index (κ1) is 17.6. The number of halogens is 3. The van der Waals surface area contributed by atoms with Crippen LogP contribution in [0.15, 0.2) is 0 Å². The van der Waals surface area contributed by atoms with Gasteiger partial charge < -0.3 is 9.90 Å². The molecule has 0 aromatic carbocycles. The summed E-state index contributed by atoms with van der Waals surface area (Å²) in [5, 5.41) is 10.5. The molecule has 0 N–H and O–H groups in total. The van der Waals surface area contributed by atoms with Gasteiger partial charge in [0.15, 0.2) is 0 Å². The van der Waals surface area contributed by atoms with E-state index in [4.69, 9.17) is 0 Å². The van der Waals surface area contributed by atoms with Crippen molar-refractivity contribution in [3.8, 4) is 0 Å². The van der Waals surface area contributed by atoms with Gasteiger partial charge in [-0.05, 0) is 25.2 Å². The number of carbonyl (C=O) groups excluding carboxylic acids is 1. The number of aliphatic carboxylic acids is 1. The molecule has 15 heavy (non-hydrogen) atoms. The standard InChI is InChI=1S/C9H15F3O2.Na/c1-2-4-7(8(13)14)5-3-6-9(10,11)12;/h7H,2-6H2,1H3,(H,13,14);/q;+1/p-1. The summed E-state index contributed by atoms with van der Waals surface area (Å²) in [4.78, 5) is 10.5. The number of hydrogen-bond donors (Lipinski definition) is 0. The first-order valence-electron chi connectivity index (χ1n) is 4.64. The molecule has 0 heterocycles. The van der Waals surface area contributed by atoms with Gasteiger partial charge in [0.05, 0.1) is 0 Å². The van der Waals surface area contributed by atoms with Crippen molar-refractivity contribution in [1.29, 1.82) is 0 Å². The number of alkyl halides is 3. The molecule has 84 valence electrons. The van der Waals surface area contributed by atoms with Crippen molar-refractivity contribution in [2.75, 3.05) is 0 Å². The Morgan fingerprint density at radius 2 is 1.87 bits per heavy atom. The Kier molecular flexibility index (Phi) is 9.90. The van der Waals surface area contributed by atoms with Crippen LogP contribution >= 0.6 is 0 Å². The van der Waals surface area contributed by atoms with E-state index in [-0.39, 0.29) is 42.4 Å². The average molecular weight is 234 g/mol. The van der Waals surface area contributed by atoms with E-state index < -0.39 is 24.5 Å². The van der Waals surface area contributed by atoms with E-state index in [9.17, 15) is 23.1 Å². The van der Waals surface area contributed by atoms with Crippen LogP contribution in [0.25, 0.3) is 0 Å². The van der Waals surface area contributed by atoms with Crippen molar-refractivity contribution in [2.24, 2.45) is 5.92 Å². The number of hydrogen-bond acceptors (Lipinski definition) is 2. The molecule has 0 radical (unpaired) electrons. The van der Waals surface area contributed by atoms with Gasteiger partial charge in [-0.25, -0.2) is 0 Å². The van der Waals surface area contributed by atoms with E-state index in [1.807, 2.05) is 0 Å². The van der Waals surface area contributed by atoms with Gasteiger partial charge in [-0.3, -0.25) is 0 Å². The third-order valence-electron chi connectivity index (χ3n) is 1.98. The van der Waals surface area contributed by atoms with Crippen LogP contribution < -0.4 is 34.7 Å². The molecule has 1 unspecified atom stereocenters. The number of carbonyl (C=O) groups is 1. The monoisotopic (exact) mass is 234 g/mol. The van der Waals surface area contributed by atoms with Crippen LogP contribution in [0.3, 0.4) is 0 Å². The molecule has 0 aliphatic carbocycles. The molecule has 0 aromatic heterocycles. The average Bonchev–Trinajstić information content (AvgIpc) is 2.00. The molecule has 0 saturated carbocycles. The summed E-state index contributed by atoms with van der Waals surface area (Å²) in [7, 11) is 0. The second-order valence-electron chi connectivity index (χ2n) is 3.31. The Hall–Kier alpha value is 0.260. The Bertz CT molecular complexity index is 183. The maximum Gasteiger partial charge on any atom is 1.00 e. The van der Waals surface area contributed by atoms with E-state index in [0.717, 1.165) is 0 Å². The van der Waals surface area contributed by atoms with Crippen LogP contribution in [0, 0.1) is 5.92 Å². The molecule has 6 heteroatoms. The molecule has 2 nitrogen and oxygen atoms in total. The van der Waals surface area contributed by atoms with E-state index in [1.54, 1.807) is 6.92 Å². The van der Waals surface area contributed by atoms with Crippen molar-refractivity contribution in [3.63, 3.8) is 0 Å². The second-order valence-corrected chi connectivity index (χ2v) is 3.31. The Labute approximate surface area is 110 Å². The largest absolute Gasteiger partial charge is 1.00 e. The Morgan fingerprint density at radius 3 is 2.20 bits per heavy atom. The fourth-order valence-electron chi connectivity index (χ4n) is 1.28. The fraction of sp³-hybridized carbons (Fsp3) is 0.889. The van der Waals surface area contributed by atoms with Crippen molar-refractivity contribution < 1.29 is 52.6 Å². The summed E-state index contributed by atoms with van der Waals surface area (Å²) in [6, 6.07) is 0. The minimum absolute atomic E-state index is 0. The molecular weight excluding hydrogens is 220 g/mol. The van der Waals surface area contributed by atoms with Crippen LogP contribution in [0.4, 0.5) is 13.2 Å². The van der Waals surface area contributed by atoms with Crippen LogP contribution in [0.5, 0.6) is 0 Å². The van der Waals surface area contributed by atoms with Crippen molar-refractivity contribution in [1.82, 2.24) is 0 Å². The summed E-state index contributed by atoms with van der Waals surface area (Å²) in [5.74, 6) is -1.98. The topological polar surface area (TPSA) is 40.1 Å². The van der Waals surface area contributed by atoms with Crippen LogP contribution in [0.2, 0.25) is 0 Å². The van der Waals surface area contributed by atoms with Gasteiger partial charge in [0, 0.05) is 12.4 Å². The molecule has 0 bridgehead atoms. The molecule has 0 aromatic rings. The van der Waals surface area contributed by atoms with Crippen LogP contribution in [-0.4, -0.2) is 12.1 Å². The summed E-state index contributed by atoms with van der Waals surface area (Å²) >= 11 is 0. The minimum Gasteiger partial charge on any atom is -0.550 e. The fourth-order valence-corrected chi connectivity index (χ4v) is 1.28. The summed E-state index contributed by atoms with van der Waals surface area (Å²) < 4.78 is 35.2. The molecule has 0 amide bonds. The predicted octanol–water partition coefficient (Wildman–Crippen LogP) is -1.11. The molecule has 0 aliphatic heterocycles. The van der Waals surface area contributed by atoms with E-state index in [2.05, 4.69) is 0 Å². The zero-order valence-corrected chi connectivity index (χ0v) is 11.1. The van der Waals surface area contributed by atoms with Gasteiger partial charge in [-0.2, -0.15) is 13.2 Å². The van der Waals surface area contributed by atoms with Crippen LogP contribution in [-0.2, 0) is 4.79 Å². The summed E-state index contributed by atoms with van der Waals surface area (Å²) in [5.41, 5.74) is 0. The second kappa shape index (κ2) is 8.42. The maximum atomic E-state index is 11.7. The van der Waals surface area contributed by atoms with E-state index in [0.29, 0.717) is 12.8 Å². The Morgan fingerprint density at radius 1 is 1.33 bits per heavy atom. The summed E-state index contributed by atoms with van der Waals surface area (Å²) in [6.07, 6.45) is -4.16. The number of carboxylic acids is 1. The SMILES string of the molecule is CCCC(CCCC(F)(F)F)C(=O)[O-].[Na+]. The molecular formula is C9H14F3NaO2. The van der Waals surface area contributed by atoms with Gasteiger partial charge in [-0.15, -0.1) is 0 Å². The van der Waals surface area contributed by atoms with Gasteiger partial charge in [0.1, 0.15) is 0 Å². The first-order valence-corrected chi connectivity index (χ1v) is 4.64. The first-order chi connectivity index (χ1) is 6.37. The zero-order valence-electron chi connectivity index (χ0n) is 9.06. The minimum atomic E-state index is -4.19. The molecule has 0 saturated heterocycles. The van der Waals surface area contributed by atoms with Crippen LogP contribution in [0.1, 0.15) is 39.0 Å². The number of rotatable bonds is 6. The zero-order chi connectivity index (χ0) is 11.2. The molecule has 0 aliphatic rings. The van der Waals surface area contributed by atoms with Gasteiger partial charge in [-0.1, -0.05) is 13.3 Å². The van der Waals surface area contributed by atoms with Crippen molar-refractivity contribution in [3.05, 3.63) is 0 Å². The van der Waals surface area contributed by atoms with Gasteiger partial charge in [0.25, 0.3) is 0 Å². The van der Waals surface area contributed by atoms with Gasteiger partial charge >= 0.3 is 35.7 Å². The van der Waals surface area contributed by atoms with E-state index in [1.165, 1.54) is 0 Å². The predicted molar refractivity (Wildman–Crippen MR) is 43.3 cm³/mol. The normalized spacial score (nSPS) is 13.1. The third-order valence-corrected chi connectivity index (χ3v) is 1.98. The molecule has 1 atom stereocenters. The molecule has 0 rings (SSSR count). The number of carboxylic acid groups (broad SMARTS) is 1. The molecule has 0 fully saturated rings. The van der Waals surface area contributed by atoms with Gasteiger partial charge in [0.2, 0.25) is 0 Å². The Balaban J connectivity index is 0. The quantitative estimate of drug-likeness (QED) is 0.547. The maximum absolute atomic E-state index is 11.7. The van der Waals surface area contributed by atoms with E-state index >= 15 is 0 Å². The van der Waals surface area contributed by atoms with Crippen molar-refractivity contribution in [2.45, 2.75) is 45.2 Å². The third kappa shape index (κ3) is 10.5. The summed E-state index contributed by atoms with van der Waals surface area (Å²) in [6.45, 7) is 1.79. The smallest absolute Gasteiger partial charge is 0.550 e. The van der Waals surface area contributed by atoms with Crippen molar-refractivity contribution >= 4 is 5.97 Å².